The maximum absolute atomic E-state index is 12.3. The van der Waals surface area contributed by atoms with E-state index in [1.54, 1.807) is 6.20 Å². The molecule has 0 saturated carbocycles. The molecule has 3 aromatic rings. The summed E-state index contributed by atoms with van der Waals surface area (Å²) in [5, 5.41) is 6.03. The third-order valence-electron chi connectivity index (χ3n) is 5.73. The first kappa shape index (κ1) is 24.2. The maximum atomic E-state index is 12.3. The van der Waals surface area contributed by atoms with Crippen LogP contribution >= 0.6 is 0 Å². The average Bonchev–Trinajstić information content (AvgIpc) is 2.84. The first-order chi connectivity index (χ1) is 16.9. The summed E-state index contributed by atoms with van der Waals surface area (Å²) in [5.41, 5.74) is 4.49. The van der Waals surface area contributed by atoms with Crippen LogP contribution in [0.3, 0.4) is 0 Å². The highest BCUT2D eigenvalue weighted by Gasteiger charge is 2.21. The topological polar surface area (TPSA) is 93.7 Å². The minimum Gasteiger partial charge on any atom is -0.368 e. The van der Waals surface area contributed by atoms with Gasteiger partial charge in [0.1, 0.15) is 0 Å². The Kier molecular flexibility index (Phi) is 7.57. The Labute approximate surface area is 205 Å². The standard InChI is InChI=1S/C26H31N7O2/c1-19(34)28-21-6-4-20(5-7-21)24-12-13-27-26(30-24)29-22-8-10-23(11-9-22)32-14-16-33(17-15-32)25(35)18-31(2)3/h4-13H,14-18H2,1-3H3,(H,28,34)(H,27,29,30). The number of piperazine rings is 1. The number of carbonyl (C=O) groups is 2. The van der Waals surface area contributed by atoms with Crippen LogP contribution in [0.5, 0.6) is 0 Å². The molecule has 1 saturated heterocycles. The summed E-state index contributed by atoms with van der Waals surface area (Å²) in [6.07, 6.45) is 1.72. The van der Waals surface area contributed by atoms with Crippen molar-refractivity contribution in [2.45, 2.75) is 6.92 Å². The molecule has 1 aliphatic rings. The third kappa shape index (κ3) is 6.54. The molecule has 2 N–H and O–H groups in total. The fourth-order valence-corrected chi connectivity index (χ4v) is 3.98. The van der Waals surface area contributed by atoms with Crippen LogP contribution in [0.15, 0.2) is 60.8 Å². The van der Waals surface area contributed by atoms with Gasteiger partial charge in [0, 0.05) is 61.9 Å². The lowest BCUT2D eigenvalue weighted by Gasteiger charge is -2.36. The average molecular weight is 474 g/mol. The molecule has 2 aromatic carbocycles. The van der Waals surface area contributed by atoms with Crippen LogP contribution in [0, 0.1) is 0 Å². The molecule has 0 atom stereocenters. The zero-order valence-corrected chi connectivity index (χ0v) is 20.4. The first-order valence-electron chi connectivity index (χ1n) is 11.6. The Morgan fingerprint density at radius 1 is 0.914 bits per heavy atom. The number of hydrogen-bond donors (Lipinski definition) is 2. The summed E-state index contributed by atoms with van der Waals surface area (Å²) in [7, 11) is 3.83. The van der Waals surface area contributed by atoms with Crippen molar-refractivity contribution in [1.82, 2.24) is 19.8 Å². The molecule has 1 aliphatic heterocycles. The molecule has 1 aromatic heterocycles. The van der Waals surface area contributed by atoms with Crippen molar-refractivity contribution in [3.8, 4) is 11.3 Å². The summed E-state index contributed by atoms with van der Waals surface area (Å²) >= 11 is 0. The van der Waals surface area contributed by atoms with E-state index in [0.717, 1.165) is 54.5 Å². The summed E-state index contributed by atoms with van der Waals surface area (Å²) < 4.78 is 0. The number of nitrogens with zero attached hydrogens (tertiary/aromatic N) is 5. The van der Waals surface area contributed by atoms with Crippen LogP contribution in [0.4, 0.5) is 23.0 Å². The zero-order chi connectivity index (χ0) is 24.8. The van der Waals surface area contributed by atoms with Crippen LogP contribution in [-0.2, 0) is 9.59 Å². The predicted molar refractivity (Wildman–Crippen MR) is 139 cm³/mol. The van der Waals surface area contributed by atoms with E-state index in [0.29, 0.717) is 12.5 Å². The monoisotopic (exact) mass is 473 g/mol. The Balaban J connectivity index is 1.35. The molecule has 2 heterocycles. The molecule has 1 fully saturated rings. The number of carbonyl (C=O) groups excluding carboxylic acids is 2. The Morgan fingerprint density at radius 3 is 2.20 bits per heavy atom. The molecule has 9 heteroatoms. The fraction of sp³-hybridized carbons (Fsp3) is 0.308. The van der Waals surface area contributed by atoms with Crippen LogP contribution in [0.1, 0.15) is 6.92 Å². The molecule has 9 nitrogen and oxygen atoms in total. The van der Waals surface area contributed by atoms with Crippen LogP contribution in [-0.4, -0.2) is 78.4 Å². The molecular formula is C26H31N7O2. The van der Waals surface area contributed by atoms with Gasteiger partial charge in [-0.25, -0.2) is 9.97 Å². The van der Waals surface area contributed by atoms with Crippen LogP contribution in [0.2, 0.25) is 0 Å². The molecule has 0 unspecified atom stereocenters. The third-order valence-corrected chi connectivity index (χ3v) is 5.73. The van der Waals surface area contributed by atoms with Crippen molar-refractivity contribution >= 4 is 34.8 Å². The number of likely N-dealkylation sites (N-methyl/N-ethyl adjacent to an activating group) is 1. The summed E-state index contributed by atoms with van der Waals surface area (Å²) in [5.74, 6) is 0.587. The number of nitrogens with one attached hydrogen (secondary N) is 2. The number of rotatable bonds is 7. The van der Waals surface area contributed by atoms with Gasteiger partial charge in [0.05, 0.1) is 12.2 Å². The SMILES string of the molecule is CC(=O)Nc1ccc(-c2ccnc(Nc3ccc(N4CCN(C(=O)CN(C)C)CC4)cc3)n2)cc1. The second-order valence-corrected chi connectivity index (χ2v) is 8.80. The van der Waals surface area contributed by atoms with Gasteiger partial charge < -0.3 is 25.3 Å². The van der Waals surface area contributed by atoms with Crippen molar-refractivity contribution < 1.29 is 9.59 Å². The lowest BCUT2D eigenvalue weighted by molar-refractivity contribution is -0.132. The molecular weight excluding hydrogens is 442 g/mol. The predicted octanol–water partition coefficient (Wildman–Crippen LogP) is 3.06. The highest BCUT2D eigenvalue weighted by molar-refractivity contribution is 5.89. The molecule has 0 aliphatic carbocycles. The largest absolute Gasteiger partial charge is 0.368 e. The molecule has 4 rings (SSSR count). The number of hydrogen-bond acceptors (Lipinski definition) is 7. The van der Waals surface area contributed by atoms with Crippen molar-refractivity contribution in [1.29, 1.82) is 0 Å². The van der Waals surface area contributed by atoms with Gasteiger partial charge in [0.15, 0.2) is 0 Å². The molecule has 182 valence electrons. The van der Waals surface area contributed by atoms with Crippen molar-refractivity contribution in [2.75, 3.05) is 62.4 Å². The normalized spacial score (nSPS) is 13.6. The molecule has 35 heavy (non-hydrogen) atoms. The Bertz CT molecular complexity index is 1160. The minimum atomic E-state index is -0.102. The van der Waals surface area contributed by atoms with Gasteiger partial charge >= 0.3 is 0 Å². The van der Waals surface area contributed by atoms with E-state index in [9.17, 15) is 9.59 Å². The van der Waals surface area contributed by atoms with E-state index in [2.05, 4.69) is 37.6 Å². The van der Waals surface area contributed by atoms with Gasteiger partial charge in [-0.05, 0) is 56.6 Å². The zero-order valence-electron chi connectivity index (χ0n) is 20.4. The van der Waals surface area contributed by atoms with Gasteiger partial charge in [0.25, 0.3) is 0 Å². The minimum absolute atomic E-state index is 0.102. The Hall–Kier alpha value is -3.98. The van der Waals surface area contributed by atoms with Gasteiger partial charge in [-0.1, -0.05) is 12.1 Å². The van der Waals surface area contributed by atoms with E-state index < -0.39 is 0 Å². The van der Waals surface area contributed by atoms with Gasteiger partial charge in [-0.15, -0.1) is 0 Å². The first-order valence-corrected chi connectivity index (χ1v) is 11.6. The summed E-state index contributed by atoms with van der Waals surface area (Å²) in [6, 6.07) is 17.6. The van der Waals surface area contributed by atoms with E-state index in [4.69, 9.17) is 0 Å². The van der Waals surface area contributed by atoms with Crippen molar-refractivity contribution in [2.24, 2.45) is 0 Å². The lowest BCUT2D eigenvalue weighted by Crippen LogP contribution is -2.50. The van der Waals surface area contributed by atoms with Crippen LogP contribution < -0.4 is 15.5 Å². The molecule has 0 bridgehead atoms. The Morgan fingerprint density at radius 2 is 1.57 bits per heavy atom. The molecule has 2 amide bonds. The van der Waals surface area contributed by atoms with Crippen LogP contribution in [0.25, 0.3) is 11.3 Å². The maximum Gasteiger partial charge on any atom is 0.236 e. The number of aromatic nitrogens is 2. The van der Waals surface area contributed by atoms with E-state index in [1.165, 1.54) is 6.92 Å². The smallest absolute Gasteiger partial charge is 0.236 e. The number of amides is 2. The van der Waals surface area contributed by atoms with Gasteiger partial charge in [-0.2, -0.15) is 0 Å². The summed E-state index contributed by atoms with van der Waals surface area (Å²) in [6.45, 7) is 5.04. The molecule has 0 spiro atoms. The van der Waals surface area contributed by atoms with Gasteiger partial charge in [0.2, 0.25) is 17.8 Å². The second-order valence-electron chi connectivity index (χ2n) is 8.80. The van der Waals surface area contributed by atoms with E-state index >= 15 is 0 Å². The highest BCUT2D eigenvalue weighted by atomic mass is 16.2. The van der Waals surface area contributed by atoms with Crippen molar-refractivity contribution in [3.05, 3.63) is 60.8 Å². The van der Waals surface area contributed by atoms with Gasteiger partial charge in [-0.3, -0.25) is 9.59 Å². The van der Waals surface area contributed by atoms with E-state index in [1.807, 2.05) is 66.4 Å². The molecule has 0 radical (unpaired) electrons. The summed E-state index contributed by atoms with van der Waals surface area (Å²) in [4.78, 5) is 38.6. The quantitative estimate of drug-likeness (QED) is 0.545. The van der Waals surface area contributed by atoms with Crippen molar-refractivity contribution in [3.63, 3.8) is 0 Å². The lowest BCUT2D eigenvalue weighted by atomic mass is 10.1. The fourth-order valence-electron chi connectivity index (χ4n) is 3.98. The highest BCUT2D eigenvalue weighted by Crippen LogP contribution is 2.23. The number of benzene rings is 2. The van der Waals surface area contributed by atoms with E-state index in [-0.39, 0.29) is 11.8 Å². The number of anilines is 4. The second kappa shape index (κ2) is 11.0.